The molecule has 0 bridgehead atoms. The fourth-order valence-corrected chi connectivity index (χ4v) is 5.60. The minimum atomic E-state index is -0.0540. The number of carbonyl (C=O) groups is 1. The Bertz CT molecular complexity index is 1070. The largest absolute Gasteiger partial charge is 0.279 e. The number of fused-ring (bicyclic) bond motifs is 1. The van der Waals surface area contributed by atoms with E-state index >= 15 is 0 Å². The SMILES string of the molecule is O=C1CSC2=NC3=C(CCC/C3=C\c3ccc(Br)cc3)[C@@H](c3ccc(Br)cc3)N12. The summed E-state index contributed by atoms with van der Waals surface area (Å²) >= 11 is 8.58. The third-order valence-corrected chi connectivity index (χ3v) is 7.49. The molecule has 2 aromatic carbocycles. The maximum absolute atomic E-state index is 12.7. The summed E-state index contributed by atoms with van der Waals surface area (Å²) in [7, 11) is 0. The first-order valence-electron chi connectivity index (χ1n) is 9.59. The van der Waals surface area contributed by atoms with Crippen molar-refractivity contribution >= 4 is 60.8 Å². The number of amides is 1. The Balaban J connectivity index is 1.64. The van der Waals surface area contributed by atoms with Crippen LogP contribution in [0.15, 0.2) is 79.3 Å². The standard InChI is InChI=1S/C23H18Br2N2OS/c24-17-8-4-14(5-9-17)12-16-2-1-3-19-21(16)26-23-27(20(28)13-29-23)22(19)15-6-10-18(25)11-7-15/h4-12,22H,1-3,13H2/b16-12+/t22-/m1/s1. The van der Waals surface area contributed by atoms with Crippen LogP contribution in [0.1, 0.15) is 36.4 Å². The number of hydrogen-bond donors (Lipinski definition) is 0. The quantitative estimate of drug-likeness (QED) is 0.432. The van der Waals surface area contributed by atoms with Crippen LogP contribution in [0.25, 0.3) is 6.08 Å². The van der Waals surface area contributed by atoms with Crippen molar-refractivity contribution in [3.63, 3.8) is 0 Å². The molecule has 0 spiro atoms. The van der Waals surface area contributed by atoms with Crippen LogP contribution in [-0.4, -0.2) is 21.7 Å². The van der Waals surface area contributed by atoms with E-state index in [9.17, 15) is 4.79 Å². The highest BCUT2D eigenvalue weighted by Gasteiger charge is 2.42. The van der Waals surface area contributed by atoms with E-state index in [0.717, 1.165) is 44.6 Å². The highest BCUT2D eigenvalue weighted by molar-refractivity contribution is 9.10. The third-order valence-electron chi connectivity index (χ3n) is 5.49. The highest BCUT2D eigenvalue weighted by Crippen LogP contribution is 2.47. The van der Waals surface area contributed by atoms with Crippen molar-refractivity contribution in [3.8, 4) is 0 Å². The lowest BCUT2D eigenvalue weighted by Crippen LogP contribution is -2.38. The van der Waals surface area contributed by atoms with E-state index in [1.807, 2.05) is 4.90 Å². The summed E-state index contributed by atoms with van der Waals surface area (Å²) in [4.78, 5) is 19.6. The number of amidine groups is 1. The van der Waals surface area contributed by atoms with Gasteiger partial charge in [0.15, 0.2) is 5.17 Å². The Morgan fingerprint density at radius 1 is 1.00 bits per heavy atom. The number of nitrogens with zero attached hydrogens (tertiary/aromatic N) is 2. The zero-order valence-corrected chi connectivity index (χ0v) is 19.6. The average Bonchev–Trinajstić information content (AvgIpc) is 3.10. The summed E-state index contributed by atoms with van der Waals surface area (Å²) in [5.74, 6) is 0.621. The Hall–Kier alpha value is -1.63. The number of hydrogen-bond acceptors (Lipinski definition) is 3. The summed E-state index contributed by atoms with van der Waals surface area (Å²) in [6, 6.07) is 16.6. The molecule has 2 aromatic rings. The monoisotopic (exact) mass is 528 g/mol. The molecule has 3 nitrogen and oxygen atoms in total. The fraction of sp³-hybridized carbons (Fsp3) is 0.217. The molecule has 2 heterocycles. The van der Waals surface area contributed by atoms with Crippen molar-refractivity contribution < 1.29 is 4.79 Å². The van der Waals surface area contributed by atoms with Crippen molar-refractivity contribution in [3.05, 3.63) is 85.4 Å². The Morgan fingerprint density at radius 3 is 2.41 bits per heavy atom. The van der Waals surface area contributed by atoms with Gasteiger partial charge < -0.3 is 0 Å². The maximum atomic E-state index is 12.7. The molecule has 1 fully saturated rings. The zero-order chi connectivity index (χ0) is 20.0. The van der Waals surface area contributed by atoms with Gasteiger partial charge in [0.1, 0.15) is 0 Å². The first-order chi connectivity index (χ1) is 14.1. The molecule has 0 radical (unpaired) electrons. The molecule has 0 saturated carbocycles. The molecule has 29 heavy (non-hydrogen) atoms. The van der Waals surface area contributed by atoms with E-state index in [-0.39, 0.29) is 11.9 Å². The second-order valence-corrected chi connectivity index (χ2v) is 10.1. The van der Waals surface area contributed by atoms with Gasteiger partial charge in [0.25, 0.3) is 0 Å². The molecule has 1 saturated heterocycles. The van der Waals surface area contributed by atoms with Gasteiger partial charge >= 0.3 is 0 Å². The lowest BCUT2D eigenvalue weighted by atomic mass is 9.83. The minimum Gasteiger partial charge on any atom is -0.279 e. The molecular weight excluding hydrogens is 512 g/mol. The molecule has 5 rings (SSSR count). The van der Waals surface area contributed by atoms with Crippen molar-refractivity contribution in [2.75, 3.05) is 5.75 Å². The molecule has 6 heteroatoms. The van der Waals surface area contributed by atoms with Crippen LogP contribution >= 0.6 is 43.6 Å². The van der Waals surface area contributed by atoms with Crippen LogP contribution < -0.4 is 0 Å². The summed E-state index contributed by atoms with van der Waals surface area (Å²) in [5.41, 5.74) is 5.94. The molecule has 1 amide bonds. The van der Waals surface area contributed by atoms with E-state index in [0.29, 0.717) is 5.75 Å². The number of benzene rings is 2. The summed E-state index contributed by atoms with van der Waals surface area (Å²) in [5, 5.41) is 0.838. The minimum absolute atomic E-state index is 0.0540. The molecule has 0 aromatic heterocycles. The summed E-state index contributed by atoms with van der Waals surface area (Å²) in [6.07, 6.45) is 5.31. The van der Waals surface area contributed by atoms with Gasteiger partial charge in [-0.25, -0.2) is 4.99 Å². The highest BCUT2D eigenvalue weighted by atomic mass is 79.9. The van der Waals surface area contributed by atoms with Gasteiger partial charge in [-0.1, -0.05) is 67.9 Å². The van der Waals surface area contributed by atoms with E-state index in [4.69, 9.17) is 4.99 Å². The molecule has 3 aliphatic rings. The predicted molar refractivity (Wildman–Crippen MR) is 127 cm³/mol. The van der Waals surface area contributed by atoms with Gasteiger partial charge in [-0.15, -0.1) is 0 Å². The Morgan fingerprint density at radius 2 is 1.69 bits per heavy atom. The topological polar surface area (TPSA) is 32.7 Å². The van der Waals surface area contributed by atoms with Gasteiger partial charge in [-0.05, 0) is 71.9 Å². The van der Waals surface area contributed by atoms with Crippen molar-refractivity contribution in [2.45, 2.75) is 25.3 Å². The van der Waals surface area contributed by atoms with Gasteiger partial charge in [0, 0.05) is 8.95 Å². The van der Waals surface area contributed by atoms with Crippen molar-refractivity contribution in [1.82, 2.24) is 4.90 Å². The number of thioether (sulfide) groups is 1. The predicted octanol–water partition coefficient (Wildman–Crippen LogP) is 6.72. The molecule has 2 aliphatic heterocycles. The Labute approximate surface area is 191 Å². The number of halogens is 2. The summed E-state index contributed by atoms with van der Waals surface area (Å²) in [6.45, 7) is 0. The van der Waals surface area contributed by atoms with E-state index in [1.165, 1.54) is 16.7 Å². The van der Waals surface area contributed by atoms with Crippen LogP contribution in [0.3, 0.4) is 0 Å². The zero-order valence-electron chi connectivity index (χ0n) is 15.6. The van der Waals surface area contributed by atoms with Gasteiger partial charge in [0.2, 0.25) is 5.91 Å². The van der Waals surface area contributed by atoms with Gasteiger partial charge in [0.05, 0.1) is 17.5 Å². The first-order valence-corrected chi connectivity index (χ1v) is 12.2. The smallest absolute Gasteiger partial charge is 0.239 e. The van der Waals surface area contributed by atoms with Crippen LogP contribution in [0, 0.1) is 0 Å². The van der Waals surface area contributed by atoms with E-state index in [2.05, 4.69) is 86.5 Å². The van der Waals surface area contributed by atoms with E-state index in [1.54, 1.807) is 11.8 Å². The normalized spacial score (nSPS) is 22.6. The number of aliphatic imine (C=N–C) groups is 1. The van der Waals surface area contributed by atoms with Gasteiger partial charge in [-0.2, -0.15) is 0 Å². The second-order valence-electron chi connectivity index (χ2n) is 7.35. The first kappa shape index (κ1) is 19.3. The molecule has 1 atom stereocenters. The Kier molecular flexibility index (Phi) is 5.26. The maximum Gasteiger partial charge on any atom is 0.239 e. The second kappa shape index (κ2) is 7.89. The molecule has 1 aliphatic carbocycles. The summed E-state index contributed by atoms with van der Waals surface area (Å²) < 4.78 is 2.12. The van der Waals surface area contributed by atoms with Crippen LogP contribution in [0.4, 0.5) is 0 Å². The van der Waals surface area contributed by atoms with Crippen molar-refractivity contribution in [2.24, 2.45) is 4.99 Å². The number of carbonyl (C=O) groups excluding carboxylic acids is 1. The lowest BCUT2D eigenvalue weighted by molar-refractivity contribution is -0.125. The third kappa shape index (κ3) is 3.66. The van der Waals surface area contributed by atoms with Crippen LogP contribution in [0.5, 0.6) is 0 Å². The molecule has 0 unspecified atom stereocenters. The molecular formula is C23H18Br2N2OS. The lowest BCUT2D eigenvalue weighted by Gasteiger charge is -2.37. The fourth-order valence-electron chi connectivity index (χ4n) is 4.18. The van der Waals surface area contributed by atoms with Crippen LogP contribution in [0.2, 0.25) is 0 Å². The van der Waals surface area contributed by atoms with Crippen LogP contribution in [-0.2, 0) is 4.79 Å². The van der Waals surface area contributed by atoms with E-state index < -0.39 is 0 Å². The molecule has 0 N–H and O–H groups in total. The van der Waals surface area contributed by atoms with Crippen molar-refractivity contribution in [1.29, 1.82) is 0 Å². The number of rotatable bonds is 2. The average molecular weight is 530 g/mol. The number of allylic oxidation sites excluding steroid dienone is 1. The van der Waals surface area contributed by atoms with Gasteiger partial charge in [-0.3, -0.25) is 9.69 Å². The molecule has 146 valence electrons.